The highest BCUT2D eigenvalue weighted by Gasteiger charge is 2.16. The number of rotatable bonds is 3. The van der Waals surface area contributed by atoms with Gasteiger partial charge in [0.25, 0.3) is 5.56 Å². The van der Waals surface area contributed by atoms with E-state index in [1.54, 1.807) is 19.1 Å². The minimum absolute atomic E-state index is 0.0307. The summed E-state index contributed by atoms with van der Waals surface area (Å²) in [6.07, 6.45) is 0. The van der Waals surface area contributed by atoms with Crippen molar-refractivity contribution in [3.63, 3.8) is 0 Å². The topological polar surface area (TPSA) is 64.8 Å². The number of Topliss-reactive ketones (excluding diaryl/α,β-unsaturated/α-hetero) is 1. The van der Waals surface area contributed by atoms with Crippen LogP contribution >= 0.6 is 0 Å². The summed E-state index contributed by atoms with van der Waals surface area (Å²) in [5, 5.41) is 8.71. The molecule has 0 aliphatic rings. The lowest BCUT2D eigenvalue weighted by molar-refractivity contribution is 0.101. The lowest BCUT2D eigenvalue weighted by Crippen LogP contribution is -2.25. The number of fused-ring (bicyclic) bond motifs is 1. The van der Waals surface area contributed by atoms with Gasteiger partial charge >= 0.3 is 0 Å². The zero-order chi connectivity index (χ0) is 17.4. The second kappa shape index (κ2) is 6.00. The van der Waals surface area contributed by atoms with Crippen molar-refractivity contribution in [2.24, 2.45) is 0 Å². The normalized spacial score (nSPS) is 11.0. The van der Waals surface area contributed by atoms with Gasteiger partial charge < -0.3 is 0 Å². The summed E-state index contributed by atoms with van der Waals surface area (Å²) in [7, 11) is 0. The Kier molecular flexibility index (Phi) is 4.01. The van der Waals surface area contributed by atoms with E-state index in [2.05, 4.69) is 10.3 Å². The highest BCUT2D eigenvalue weighted by molar-refractivity contribution is 5.97. The maximum atomic E-state index is 12.6. The van der Waals surface area contributed by atoms with Crippen LogP contribution in [0.2, 0.25) is 0 Å². The van der Waals surface area contributed by atoms with Crippen LogP contribution in [0.4, 0.5) is 0 Å². The number of aryl methyl sites for hydroxylation is 2. The molecule has 0 saturated heterocycles. The van der Waals surface area contributed by atoms with E-state index >= 15 is 0 Å². The van der Waals surface area contributed by atoms with Gasteiger partial charge in [-0.05, 0) is 62.1 Å². The molecule has 1 heterocycles. The van der Waals surface area contributed by atoms with Crippen LogP contribution < -0.4 is 5.56 Å². The van der Waals surface area contributed by atoms with Crippen LogP contribution in [0.1, 0.15) is 39.5 Å². The summed E-state index contributed by atoms with van der Waals surface area (Å²) in [6, 6.07) is 9.14. The number of carbonyl (C=O) groups is 1. The van der Waals surface area contributed by atoms with Crippen molar-refractivity contribution in [1.82, 2.24) is 15.0 Å². The molecule has 0 fully saturated rings. The van der Waals surface area contributed by atoms with Crippen molar-refractivity contribution in [1.29, 1.82) is 0 Å². The first-order valence-electron chi connectivity index (χ1n) is 7.83. The number of nitrogens with zero attached hydrogens (tertiary/aromatic N) is 3. The molecule has 5 nitrogen and oxygen atoms in total. The predicted molar refractivity (Wildman–Crippen MR) is 93.6 cm³/mol. The van der Waals surface area contributed by atoms with E-state index in [0.29, 0.717) is 17.4 Å². The molecule has 3 rings (SSSR count). The summed E-state index contributed by atoms with van der Waals surface area (Å²) in [6.45, 7) is 7.71. The van der Waals surface area contributed by atoms with Gasteiger partial charge in [0.2, 0.25) is 0 Å². The van der Waals surface area contributed by atoms with Gasteiger partial charge in [0.05, 0.1) is 11.9 Å². The highest BCUT2D eigenvalue weighted by Crippen LogP contribution is 2.23. The Morgan fingerprint density at radius 1 is 1.12 bits per heavy atom. The third-order valence-electron chi connectivity index (χ3n) is 4.42. The fraction of sp³-hybridized carbons (Fsp3) is 0.263. The second-order valence-electron chi connectivity index (χ2n) is 6.11. The molecule has 0 amide bonds. The molecule has 0 unspecified atom stereocenters. The Balaban J connectivity index is 2.16. The summed E-state index contributed by atoms with van der Waals surface area (Å²) in [5.74, 6) is 0.0307. The van der Waals surface area contributed by atoms with E-state index < -0.39 is 0 Å². The molecule has 0 N–H and O–H groups in total. The number of aromatic nitrogens is 3. The molecule has 0 bridgehead atoms. The van der Waals surface area contributed by atoms with E-state index in [1.165, 1.54) is 4.68 Å². The van der Waals surface area contributed by atoms with Crippen LogP contribution in [0.15, 0.2) is 35.1 Å². The van der Waals surface area contributed by atoms with Crippen molar-refractivity contribution in [2.75, 3.05) is 0 Å². The average molecular weight is 321 g/mol. The van der Waals surface area contributed by atoms with Crippen molar-refractivity contribution >= 4 is 16.7 Å². The zero-order valence-corrected chi connectivity index (χ0v) is 14.3. The van der Waals surface area contributed by atoms with Crippen LogP contribution in [-0.4, -0.2) is 20.8 Å². The van der Waals surface area contributed by atoms with E-state index in [-0.39, 0.29) is 11.3 Å². The Bertz CT molecular complexity index is 1020. The van der Waals surface area contributed by atoms with Crippen LogP contribution in [0.25, 0.3) is 10.9 Å². The third kappa shape index (κ3) is 2.62. The standard InChI is InChI=1S/C19H19N3O2/c1-11-9-12(2)18(14(4)23)13(3)16(11)10-22-19(24)15-7-5-6-8-17(15)20-21-22/h5-9H,10H2,1-4H3. The van der Waals surface area contributed by atoms with Crippen LogP contribution in [0.5, 0.6) is 0 Å². The monoisotopic (exact) mass is 321 g/mol. The fourth-order valence-electron chi connectivity index (χ4n) is 3.29. The molecule has 122 valence electrons. The van der Waals surface area contributed by atoms with Gasteiger partial charge in [-0.3, -0.25) is 9.59 Å². The van der Waals surface area contributed by atoms with Crippen LogP contribution in [0.3, 0.4) is 0 Å². The molecule has 3 aromatic rings. The first-order valence-corrected chi connectivity index (χ1v) is 7.83. The minimum Gasteiger partial charge on any atom is -0.294 e. The molecule has 1 aromatic heterocycles. The molecule has 2 aromatic carbocycles. The van der Waals surface area contributed by atoms with Crippen molar-refractivity contribution < 1.29 is 4.79 Å². The number of hydrogen-bond acceptors (Lipinski definition) is 4. The van der Waals surface area contributed by atoms with E-state index in [9.17, 15) is 9.59 Å². The van der Waals surface area contributed by atoms with Gasteiger partial charge in [-0.2, -0.15) is 0 Å². The van der Waals surface area contributed by atoms with Gasteiger partial charge in [0, 0.05) is 5.56 Å². The predicted octanol–water partition coefficient (Wildman–Crippen LogP) is 2.97. The molecule has 0 radical (unpaired) electrons. The number of carbonyl (C=O) groups excluding carboxylic acids is 1. The lowest BCUT2D eigenvalue weighted by Gasteiger charge is -2.16. The summed E-state index contributed by atoms with van der Waals surface area (Å²) < 4.78 is 1.36. The first-order chi connectivity index (χ1) is 11.4. The third-order valence-corrected chi connectivity index (χ3v) is 4.42. The van der Waals surface area contributed by atoms with Gasteiger partial charge in [0.15, 0.2) is 5.78 Å². The molecular formula is C19H19N3O2. The fourth-order valence-corrected chi connectivity index (χ4v) is 3.29. The number of hydrogen-bond donors (Lipinski definition) is 0. The van der Waals surface area contributed by atoms with Crippen molar-refractivity contribution in [3.8, 4) is 0 Å². The molecular weight excluding hydrogens is 302 g/mol. The van der Waals surface area contributed by atoms with Crippen molar-refractivity contribution in [2.45, 2.75) is 34.2 Å². The Morgan fingerprint density at radius 2 is 1.83 bits per heavy atom. The minimum atomic E-state index is -0.177. The Hall–Kier alpha value is -2.82. The van der Waals surface area contributed by atoms with Crippen LogP contribution in [0, 0.1) is 20.8 Å². The van der Waals surface area contributed by atoms with Gasteiger partial charge in [0.1, 0.15) is 5.52 Å². The molecule has 0 aliphatic carbocycles. The van der Waals surface area contributed by atoms with E-state index in [1.807, 2.05) is 39.0 Å². The van der Waals surface area contributed by atoms with Crippen molar-refractivity contribution in [3.05, 3.63) is 68.5 Å². The van der Waals surface area contributed by atoms with Gasteiger partial charge in [-0.1, -0.05) is 23.4 Å². The maximum Gasteiger partial charge on any atom is 0.277 e. The van der Waals surface area contributed by atoms with Crippen LogP contribution in [-0.2, 0) is 6.54 Å². The molecule has 24 heavy (non-hydrogen) atoms. The number of benzene rings is 2. The van der Waals surface area contributed by atoms with Gasteiger partial charge in [-0.25, -0.2) is 4.68 Å². The average Bonchev–Trinajstić information content (AvgIpc) is 2.53. The highest BCUT2D eigenvalue weighted by atomic mass is 16.1. The summed E-state index contributed by atoms with van der Waals surface area (Å²) in [4.78, 5) is 24.6. The quantitative estimate of drug-likeness (QED) is 0.696. The molecule has 0 aliphatic heterocycles. The summed E-state index contributed by atoms with van der Waals surface area (Å²) in [5.41, 5.74) is 4.97. The first kappa shape index (κ1) is 16.1. The number of ketones is 1. The lowest BCUT2D eigenvalue weighted by atomic mass is 9.91. The SMILES string of the molecule is CC(=O)c1c(C)cc(C)c(Cn2nnc3ccccc3c2=O)c1C. The second-order valence-corrected chi connectivity index (χ2v) is 6.11. The molecule has 0 saturated carbocycles. The maximum absolute atomic E-state index is 12.6. The van der Waals surface area contributed by atoms with E-state index in [4.69, 9.17) is 0 Å². The Morgan fingerprint density at radius 3 is 2.54 bits per heavy atom. The zero-order valence-electron chi connectivity index (χ0n) is 14.3. The van der Waals surface area contributed by atoms with E-state index in [0.717, 1.165) is 27.8 Å². The molecule has 0 atom stereocenters. The smallest absolute Gasteiger partial charge is 0.277 e. The summed E-state index contributed by atoms with van der Waals surface area (Å²) >= 11 is 0. The Labute approximate surface area is 139 Å². The largest absolute Gasteiger partial charge is 0.294 e. The van der Waals surface area contributed by atoms with Gasteiger partial charge in [-0.15, -0.1) is 5.10 Å². The molecule has 0 spiro atoms. The molecule has 5 heteroatoms.